The summed E-state index contributed by atoms with van der Waals surface area (Å²) in [7, 11) is 0. The molecule has 1 aliphatic heterocycles. The van der Waals surface area contributed by atoms with Crippen molar-refractivity contribution in [3.8, 4) is 5.75 Å². The maximum atomic E-state index is 13.2. The molecule has 24 heavy (non-hydrogen) atoms. The van der Waals surface area contributed by atoms with Crippen molar-refractivity contribution in [1.29, 1.82) is 0 Å². The number of nitrogens with one attached hydrogen (secondary N) is 1. The van der Waals surface area contributed by atoms with Gasteiger partial charge in [-0.05, 0) is 42.8 Å². The molecule has 0 aliphatic carbocycles. The number of hydrogen-bond donors (Lipinski definition) is 1. The third-order valence-electron chi connectivity index (χ3n) is 3.89. The Kier molecular flexibility index (Phi) is 4.20. The summed E-state index contributed by atoms with van der Waals surface area (Å²) in [5, 5.41) is 2.73. The van der Waals surface area contributed by atoms with Crippen LogP contribution in [0, 0.1) is 12.7 Å². The van der Waals surface area contributed by atoms with E-state index in [1.165, 1.54) is 30.0 Å². The van der Waals surface area contributed by atoms with E-state index >= 15 is 0 Å². The Hall–Kier alpha value is -2.89. The summed E-state index contributed by atoms with van der Waals surface area (Å²) in [6.45, 7) is 3.28. The van der Waals surface area contributed by atoms with Gasteiger partial charge in [0, 0.05) is 12.6 Å². The van der Waals surface area contributed by atoms with Crippen LogP contribution in [0.5, 0.6) is 5.75 Å². The van der Waals surface area contributed by atoms with E-state index in [2.05, 4.69) is 5.32 Å². The van der Waals surface area contributed by atoms with Crippen LogP contribution in [-0.2, 0) is 9.59 Å². The lowest BCUT2D eigenvalue weighted by atomic mass is 10.1. The molecule has 0 bridgehead atoms. The molecule has 0 unspecified atom stereocenters. The average molecular weight is 328 g/mol. The van der Waals surface area contributed by atoms with Gasteiger partial charge in [0.2, 0.25) is 5.91 Å². The number of anilines is 2. The molecule has 0 saturated heterocycles. The molecule has 1 heterocycles. The highest BCUT2D eigenvalue weighted by Crippen LogP contribution is 2.33. The van der Waals surface area contributed by atoms with E-state index in [1.807, 2.05) is 0 Å². The predicted octanol–water partition coefficient (Wildman–Crippen LogP) is 2.89. The first-order valence-electron chi connectivity index (χ1n) is 7.56. The minimum Gasteiger partial charge on any atom is -0.476 e. The molecule has 124 valence electrons. The quantitative estimate of drug-likeness (QED) is 0.922. The van der Waals surface area contributed by atoms with E-state index in [0.29, 0.717) is 22.7 Å². The van der Waals surface area contributed by atoms with Crippen LogP contribution in [0.25, 0.3) is 0 Å². The van der Waals surface area contributed by atoms with Gasteiger partial charge in [-0.25, -0.2) is 4.39 Å². The molecule has 0 fully saturated rings. The van der Waals surface area contributed by atoms with Crippen LogP contribution in [0.3, 0.4) is 0 Å². The summed E-state index contributed by atoms with van der Waals surface area (Å²) in [4.78, 5) is 25.9. The molecule has 1 N–H and O–H groups in total. The first kappa shape index (κ1) is 16.0. The van der Waals surface area contributed by atoms with Crippen molar-refractivity contribution in [1.82, 2.24) is 0 Å². The fraction of sp³-hybridized carbons (Fsp3) is 0.222. The topological polar surface area (TPSA) is 58.6 Å². The average Bonchev–Trinajstić information content (AvgIpc) is 2.56. The summed E-state index contributed by atoms with van der Waals surface area (Å²) in [6.07, 6.45) is -0.840. The number of para-hydroxylation sites is 2. The number of ether oxygens (including phenoxy) is 1. The zero-order valence-electron chi connectivity index (χ0n) is 13.4. The SMILES string of the molecule is CC(=O)N1C[C@@H](C(=O)Nc2ccc(F)cc2C)Oc2ccccc21. The number of carbonyl (C=O) groups is 2. The summed E-state index contributed by atoms with van der Waals surface area (Å²) in [6, 6.07) is 11.2. The largest absolute Gasteiger partial charge is 0.476 e. The van der Waals surface area contributed by atoms with Crippen LogP contribution in [-0.4, -0.2) is 24.5 Å². The Morgan fingerprint density at radius 1 is 1.25 bits per heavy atom. The molecular formula is C18H17FN2O3. The number of carbonyl (C=O) groups excluding carboxylic acids is 2. The first-order valence-corrected chi connectivity index (χ1v) is 7.56. The highest BCUT2D eigenvalue weighted by molar-refractivity contribution is 5.99. The lowest BCUT2D eigenvalue weighted by Gasteiger charge is -2.33. The summed E-state index contributed by atoms with van der Waals surface area (Å²) >= 11 is 0. The zero-order valence-corrected chi connectivity index (χ0v) is 13.4. The molecule has 0 radical (unpaired) electrons. The number of hydrogen-bond acceptors (Lipinski definition) is 3. The monoisotopic (exact) mass is 328 g/mol. The number of aryl methyl sites for hydroxylation is 1. The number of benzene rings is 2. The van der Waals surface area contributed by atoms with Crippen molar-refractivity contribution in [3.05, 3.63) is 53.8 Å². The van der Waals surface area contributed by atoms with Gasteiger partial charge in [0.1, 0.15) is 11.6 Å². The van der Waals surface area contributed by atoms with E-state index in [4.69, 9.17) is 4.74 Å². The van der Waals surface area contributed by atoms with Gasteiger partial charge in [-0.2, -0.15) is 0 Å². The van der Waals surface area contributed by atoms with Crippen LogP contribution in [0.1, 0.15) is 12.5 Å². The summed E-state index contributed by atoms with van der Waals surface area (Å²) in [5.74, 6) is -0.432. The van der Waals surface area contributed by atoms with Crippen molar-refractivity contribution in [2.75, 3.05) is 16.8 Å². The van der Waals surface area contributed by atoms with E-state index in [-0.39, 0.29) is 24.2 Å². The molecule has 1 atom stereocenters. The highest BCUT2D eigenvalue weighted by Gasteiger charge is 2.32. The Balaban J connectivity index is 1.82. The fourth-order valence-corrected chi connectivity index (χ4v) is 2.65. The lowest BCUT2D eigenvalue weighted by molar-refractivity contribution is -0.123. The third-order valence-corrected chi connectivity index (χ3v) is 3.89. The maximum Gasteiger partial charge on any atom is 0.267 e. The van der Waals surface area contributed by atoms with Gasteiger partial charge in [-0.3, -0.25) is 9.59 Å². The minimum absolute atomic E-state index is 0.123. The van der Waals surface area contributed by atoms with Gasteiger partial charge in [0.05, 0.1) is 12.2 Å². The van der Waals surface area contributed by atoms with E-state index < -0.39 is 6.10 Å². The van der Waals surface area contributed by atoms with Crippen molar-refractivity contribution in [3.63, 3.8) is 0 Å². The van der Waals surface area contributed by atoms with Gasteiger partial charge in [0.25, 0.3) is 5.91 Å². The van der Waals surface area contributed by atoms with Crippen molar-refractivity contribution in [2.24, 2.45) is 0 Å². The van der Waals surface area contributed by atoms with Crippen molar-refractivity contribution >= 4 is 23.2 Å². The van der Waals surface area contributed by atoms with Gasteiger partial charge < -0.3 is 15.0 Å². The Labute approximate surface area is 139 Å². The highest BCUT2D eigenvalue weighted by atomic mass is 19.1. The van der Waals surface area contributed by atoms with Gasteiger partial charge in [0.15, 0.2) is 6.10 Å². The molecule has 0 spiro atoms. The van der Waals surface area contributed by atoms with Gasteiger partial charge in [-0.15, -0.1) is 0 Å². The fourth-order valence-electron chi connectivity index (χ4n) is 2.65. The molecular weight excluding hydrogens is 311 g/mol. The Morgan fingerprint density at radius 2 is 2.00 bits per heavy atom. The van der Waals surface area contributed by atoms with Crippen LogP contribution < -0.4 is 15.0 Å². The standard InChI is InChI=1S/C18H17FN2O3/c1-11-9-13(19)7-8-14(11)20-18(23)17-10-21(12(2)22)15-5-3-4-6-16(15)24-17/h3-9,17H,10H2,1-2H3,(H,20,23)/t17-/m0/s1. The van der Waals surface area contributed by atoms with Gasteiger partial charge in [-0.1, -0.05) is 12.1 Å². The Morgan fingerprint density at radius 3 is 2.71 bits per heavy atom. The maximum absolute atomic E-state index is 13.2. The predicted molar refractivity (Wildman–Crippen MR) is 88.7 cm³/mol. The molecule has 3 rings (SSSR count). The van der Waals surface area contributed by atoms with E-state index in [9.17, 15) is 14.0 Å². The second kappa shape index (κ2) is 6.31. The number of nitrogens with zero attached hydrogens (tertiary/aromatic N) is 1. The first-order chi connectivity index (χ1) is 11.5. The minimum atomic E-state index is -0.840. The van der Waals surface area contributed by atoms with Crippen LogP contribution in [0.2, 0.25) is 0 Å². The number of rotatable bonds is 2. The summed E-state index contributed by atoms with van der Waals surface area (Å²) in [5.41, 5.74) is 1.77. The van der Waals surface area contributed by atoms with Crippen LogP contribution in [0.15, 0.2) is 42.5 Å². The molecule has 1 aliphatic rings. The molecule has 0 saturated carbocycles. The van der Waals surface area contributed by atoms with Crippen LogP contribution in [0.4, 0.5) is 15.8 Å². The van der Waals surface area contributed by atoms with Gasteiger partial charge >= 0.3 is 0 Å². The Bertz CT molecular complexity index is 807. The van der Waals surface area contributed by atoms with Crippen LogP contribution >= 0.6 is 0 Å². The molecule has 2 aromatic carbocycles. The smallest absolute Gasteiger partial charge is 0.267 e. The normalized spacial score (nSPS) is 16.1. The third kappa shape index (κ3) is 3.08. The number of amides is 2. The lowest BCUT2D eigenvalue weighted by Crippen LogP contribution is -2.48. The second-order valence-corrected chi connectivity index (χ2v) is 5.65. The van der Waals surface area contributed by atoms with Crippen molar-refractivity contribution < 1.29 is 18.7 Å². The molecule has 2 aromatic rings. The van der Waals surface area contributed by atoms with E-state index in [0.717, 1.165) is 0 Å². The summed E-state index contributed by atoms with van der Waals surface area (Å²) < 4.78 is 18.9. The number of fused-ring (bicyclic) bond motifs is 1. The molecule has 5 nitrogen and oxygen atoms in total. The van der Waals surface area contributed by atoms with E-state index in [1.54, 1.807) is 31.2 Å². The molecule has 2 amide bonds. The molecule has 6 heteroatoms. The second-order valence-electron chi connectivity index (χ2n) is 5.65. The number of halogens is 1. The molecule has 0 aromatic heterocycles. The van der Waals surface area contributed by atoms with Crippen molar-refractivity contribution in [2.45, 2.75) is 20.0 Å². The zero-order chi connectivity index (χ0) is 17.3.